The summed E-state index contributed by atoms with van der Waals surface area (Å²) in [5, 5.41) is 5.50. The van der Waals surface area contributed by atoms with Gasteiger partial charge in [0.1, 0.15) is 19.3 Å². The third kappa shape index (κ3) is 4.16. The highest BCUT2D eigenvalue weighted by Crippen LogP contribution is 2.32. The van der Waals surface area contributed by atoms with Crippen LogP contribution in [0.1, 0.15) is 16.8 Å². The van der Waals surface area contributed by atoms with Crippen molar-refractivity contribution in [3.8, 4) is 11.5 Å². The Morgan fingerprint density at radius 2 is 1.83 bits per heavy atom. The van der Waals surface area contributed by atoms with Crippen LogP contribution in [0.25, 0.3) is 0 Å². The highest BCUT2D eigenvalue weighted by molar-refractivity contribution is 6.01. The summed E-state index contributed by atoms with van der Waals surface area (Å²) in [6.07, 6.45) is -0.140. The Bertz CT molecular complexity index is 931. The molecule has 2 N–H and O–H groups in total. The van der Waals surface area contributed by atoms with Crippen molar-refractivity contribution in [2.45, 2.75) is 12.5 Å². The molecule has 29 heavy (non-hydrogen) atoms. The second-order valence-electron chi connectivity index (χ2n) is 6.78. The Labute approximate surface area is 167 Å². The van der Waals surface area contributed by atoms with Gasteiger partial charge in [-0.3, -0.25) is 14.4 Å². The number of hydrogen-bond acceptors (Lipinski definition) is 5. The van der Waals surface area contributed by atoms with Gasteiger partial charge in [0.2, 0.25) is 11.8 Å². The van der Waals surface area contributed by atoms with E-state index in [0.29, 0.717) is 49.1 Å². The molecule has 0 unspecified atom stereocenters. The van der Waals surface area contributed by atoms with E-state index in [9.17, 15) is 14.4 Å². The van der Waals surface area contributed by atoms with Gasteiger partial charge in [-0.1, -0.05) is 18.2 Å². The molecule has 0 spiro atoms. The molecule has 1 saturated heterocycles. The zero-order chi connectivity index (χ0) is 20.2. The van der Waals surface area contributed by atoms with Crippen LogP contribution in [-0.4, -0.2) is 55.0 Å². The van der Waals surface area contributed by atoms with E-state index in [4.69, 9.17) is 9.47 Å². The first-order valence-corrected chi connectivity index (χ1v) is 9.45. The van der Waals surface area contributed by atoms with Gasteiger partial charge in [-0.2, -0.15) is 0 Å². The molecule has 2 aliphatic rings. The van der Waals surface area contributed by atoms with E-state index in [1.807, 2.05) is 6.07 Å². The molecule has 2 aromatic rings. The molecule has 4 rings (SSSR count). The average Bonchev–Trinajstić information content (AvgIpc) is 2.75. The molecule has 2 aliphatic heterocycles. The lowest BCUT2D eigenvalue weighted by Gasteiger charge is -2.34. The molecule has 3 amide bonds. The fourth-order valence-electron chi connectivity index (χ4n) is 3.42. The lowest BCUT2D eigenvalue weighted by atomic mass is 10.1. The van der Waals surface area contributed by atoms with Gasteiger partial charge in [-0.15, -0.1) is 0 Å². The summed E-state index contributed by atoms with van der Waals surface area (Å²) in [5.74, 6) is 0.218. The van der Waals surface area contributed by atoms with Crippen LogP contribution in [0.15, 0.2) is 48.5 Å². The Morgan fingerprint density at radius 1 is 1.07 bits per heavy atom. The summed E-state index contributed by atoms with van der Waals surface area (Å²) in [6.45, 7) is 1.64. The second kappa shape index (κ2) is 8.22. The van der Waals surface area contributed by atoms with Gasteiger partial charge < -0.3 is 25.0 Å². The lowest BCUT2D eigenvalue weighted by molar-refractivity contribution is -0.131. The van der Waals surface area contributed by atoms with E-state index in [1.54, 1.807) is 42.5 Å². The van der Waals surface area contributed by atoms with Crippen molar-refractivity contribution in [1.82, 2.24) is 10.2 Å². The van der Waals surface area contributed by atoms with Gasteiger partial charge in [0.15, 0.2) is 11.5 Å². The average molecular weight is 395 g/mol. The number of nitrogens with zero attached hydrogens (tertiary/aromatic N) is 1. The van der Waals surface area contributed by atoms with Crippen LogP contribution in [-0.2, 0) is 9.59 Å². The van der Waals surface area contributed by atoms with Crippen LogP contribution in [0.3, 0.4) is 0 Å². The Balaban J connectivity index is 1.46. The molecule has 8 heteroatoms. The van der Waals surface area contributed by atoms with Crippen molar-refractivity contribution in [1.29, 1.82) is 0 Å². The molecule has 0 saturated carbocycles. The number of ether oxygens (including phenoxy) is 2. The number of nitrogens with one attached hydrogen (secondary N) is 2. The molecule has 2 aromatic carbocycles. The van der Waals surface area contributed by atoms with Crippen LogP contribution >= 0.6 is 0 Å². The maximum absolute atomic E-state index is 12.8. The zero-order valence-electron chi connectivity index (χ0n) is 15.7. The first-order valence-electron chi connectivity index (χ1n) is 9.45. The fraction of sp³-hybridized carbons (Fsp3) is 0.286. The molecule has 0 radical (unpaired) electrons. The normalized spacial score (nSPS) is 18.0. The van der Waals surface area contributed by atoms with Crippen LogP contribution in [0.4, 0.5) is 5.69 Å². The molecular weight excluding hydrogens is 374 g/mol. The van der Waals surface area contributed by atoms with E-state index in [2.05, 4.69) is 10.6 Å². The third-order valence-electron chi connectivity index (χ3n) is 4.82. The molecule has 1 atom stereocenters. The van der Waals surface area contributed by atoms with Crippen molar-refractivity contribution in [3.05, 3.63) is 54.1 Å². The maximum atomic E-state index is 12.8. The van der Waals surface area contributed by atoms with Crippen LogP contribution in [0.2, 0.25) is 0 Å². The van der Waals surface area contributed by atoms with E-state index < -0.39 is 6.04 Å². The monoisotopic (exact) mass is 395 g/mol. The number of benzene rings is 2. The SMILES string of the molecule is O=C(C[C@H]1C(=O)NCCN1C(=O)c1ccccc1)Nc1ccc2c(c1)OCCO2. The number of hydrogen-bond donors (Lipinski definition) is 2. The fourth-order valence-corrected chi connectivity index (χ4v) is 3.42. The summed E-state index contributed by atoms with van der Waals surface area (Å²) in [7, 11) is 0. The standard InChI is InChI=1S/C21H21N3O5/c25-19(23-15-6-7-17-18(12-15)29-11-10-28-17)13-16-20(26)22-8-9-24(16)21(27)14-4-2-1-3-5-14/h1-7,12,16H,8-11,13H2,(H,22,26)(H,23,25)/t16-/m0/s1. The highest BCUT2D eigenvalue weighted by atomic mass is 16.6. The largest absolute Gasteiger partial charge is 0.486 e. The molecule has 0 bridgehead atoms. The van der Waals surface area contributed by atoms with E-state index >= 15 is 0 Å². The van der Waals surface area contributed by atoms with Gasteiger partial charge in [0.05, 0.1) is 6.42 Å². The van der Waals surface area contributed by atoms with Crippen molar-refractivity contribution in [3.63, 3.8) is 0 Å². The van der Waals surface area contributed by atoms with Crippen LogP contribution in [0, 0.1) is 0 Å². The minimum atomic E-state index is -0.867. The maximum Gasteiger partial charge on any atom is 0.254 e. The molecule has 0 aromatic heterocycles. The first-order chi connectivity index (χ1) is 14.1. The molecule has 2 heterocycles. The number of fused-ring (bicyclic) bond motifs is 1. The Morgan fingerprint density at radius 3 is 2.62 bits per heavy atom. The summed E-state index contributed by atoms with van der Waals surface area (Å²) in [6, 6.07) is 13.0. The first kappa shape index (κ1) is 18.8. The second-order valence-corrected chi connectivity index (χ2v) is 6.78. The number of anilines is 1. The van der Waals surface area contributed by atoms with Crippen molar-refractivity contribution >= 4 is 23.4 Å². The van der Waals surface area contributed by atoms with E-state index in [1.165, 1.54) is 4.90 Å². The third-order valence-corrected chi connectivity index (χ3v) is 4.82. The van der Waals surface area contributed by atoms with Gasteiger partial charge in [0, 0.05) is 30.4 Å². The van der Waals surface area contributed by atoms with Gasteiger partial charge >= 0.3 is 0 Å². The van der Waals surface area contributed by atoms with E-state index in [-0.39, 0.29) is 24.1 Å². The predicted molar refractivity (Wildman–Crippen MR) is 105 cm³/mol. The van der Waals surface area contributed by atoms with Crippen molar-refractivity contribution in [2.75, 3.05) is 31.6 Å². The zero-order valence-corrected chi connectivity index (χ0v) is 15.7. The Kier molecular flexibility index (Phi) is 5.33. The van der Waals surface area contributed by atoms with Crippen molar-refractivity contribution < 1.29 is 23.9 Å². The summed E-state index contributed by atoms with van der Waals surface area (Å²) in [5.41, 5.74) is 1.02. The highest BCUT2D eigenvalue weighted by Gasteiger charge is 2.35. The topological polar surface area (TPSA) is 97.0 Å². The minimum Gasteiger partial charge on any atom is -0.486 e. The summed E-state index contributed by atoms with van der Waals surface area (Å²) < 4.78 is 11.0. The van der Waals surface area contributed by atoms with E-state index in [0.717, 1.165) is 0 Å². The van der Waals surface area contributed by atoms with Gasteiger partial charge in [0.25, 0.3) is 5.91 Å². The predicted octanol–water partition coefficient (Wildman–Crippen LogP) is 1.43. The number of piperazine rings is 1. The molecular formula is C21H21N3O5. The number of carbonyl (C=O) groups excluding carboxylic acids is 3. The molecule has 8 nitrogen and oxygen atoms in total. The Hall–Kier alpha value is -3.55. The lowest BCUT2D eigenvalue weighted by Crippen LogP contribution is -2.58. The quantitative estimate of drug-likeness (QED) is 0.816. The van der Waals surface area contributed by atoms with Crippen LogP contribution in [0.5, 0.6) is 11.5 Å². The molecule has 150 valence electrons. The molecule has 0 aliphatic carbocycles. The van der Waals surface area contributed by atoms with Crippen LogP contribution < -0.4 is 20.1 Å². The van der Waals surface area contributed by atoms with Gasteiger partial charge in [-0.05, 0) is 24.3 Å². The van der Waals surface area contributed by atoms with Gasteiger partial charge in [-0.25, -0.2) is 0 Å². The smallest absolute Gasteiger partial charge is 0.254 e. The number of amides is 3. The number of rotatable bonds is 4. The van der Waals surface area contributed by atoms with Crippen molar-refractivity contribution in [2.24, 2.45) is 0 Å². The number of carbonyl (C=O) groups is 3. The minimum absolute atomic E-state index is 0.140. The summed E-state index contributed by atoms with van der Waals surface area (Å²) >= 11 is 0. The summed E-state index contributed by atoms with van der Waals surface area (Å²) in [4.78, 5) is 39.3. The molecule has 1 fully saturated rings.